The molecule has 0 aromatic heterocycles. The van der Waals surface area contributed by atoms with E-state index < -0.39 is 5.92 Å². The number of anilines is 2. The molecule has 1 saturated heterocycles. The predicted molar refractivity (Wildman–Crippen MR) is 104 cm³/mol. The second kappa shape index (κ2) is 7.60. The molecule has 5 nitrogen and oxygen atoms in total. The van der Waals surface area contributed by atoms with Gasteiger partial charge in [0.1, 0.15) is 5.92 Å². The summed E-state index contributed by atoms with van der Waals surface area (Å²) in [7, 11) is 0. The van der Waals surface area contributed by atoms with Crippen LogP contribution in [0.1, 0.15) is 23.1 Å². The zero-order chi connectivity index (χ0) is 18.7. The zero-order valence-electron chi connectivity index (χ0n) is 15.3. The number of nitrogens with two attached hydrogens (primary N) is 1. The number of nitrogens with one attached hydrogen (secondary N) is 1. The van der Waals surface area contributed by atoms with Crippen molar-refractivity contribution in [2.75, 3.05) is 23.7 Å². The van der Waals surface area contributed by atoms with Gasteiger partial charge in [-0.05, 0) is 67.6 Å². The van der Waals surface area contributed by atoms with Gasteiger partial charge in [-0.1, -0.05) is 18.2 Å². The second-order valence-corrected chi connectivity index (χ2v) is 6.96. The number of rotatable bonds is 5. The van der Waals surface area contributed by atoms with E-state index in [1.54, 1.807) is 4.90 Å². The maximum absolute atomic E-state index is 12.7. The van der Waals surface area contributed by atoms with Gasteiger partial charge in [0, 0.05) is 24.5 Å². The number of carbonyl (C=O) groups is 2. The van der Waals surface area contributed by atoms with Gasteiger partial charge in [-0.3, -0.25) is 9.59 Å². The van der Waals surface area contributed by atoms with Crippen LogP contribution in [0.2, 0.25) is 0 Å². The Balaban J connectivity index is 1.57. The van der Waals surface area contributed by atoms with E-state index in [-0.39, 0.29) is 11.8 Å². The summed E-state index contributed by atoms with van der Waals surface area (Å²) in [6.45, 7) is 5.12. The molecule has 1 atom stereocenters. The molecule has 3 rings (SSSR count). The number of carbonyl (C=O) groups excluding carboxylic acids is 2. The summed E-state index contributed by atoms with van der Waals surface area (Å²) in [6.07, 6.45) is 1.27. The molecular weight excluding hydrogens is 326 g/mol. The van der Waals surface area contributed by atoms with Crippen molar-refractivity contribution in [2.24, 2.45) is 5.92 Å². The van der Waals surface area contributed by atoms with E-state index in [1.165, 1.54) is 0 Å². The molecule has 1 aliphatic rings. The molecule has 1 fully saturated rings. The van der Waals surface area contributed by atoms with Crippen LogP contribution in [0.5, 0.6) is 0 Å². The Morgan fingerprint density at radius 2 is 1.81 bits per heavy atom. The van der Waals surface area contributed by atoms with Crippen molar-refractivity contribution in [1.29, 1.82) is 0 Å². The first-order valence-corrected chi connectivity index (χ1v) is 8.96. The Kier molecular flexibility index (Phi) is 5.26. The van der Waals surface area contributed by atoms with Gasteiger partial charge in [-0.2, -0.15) is 0 Å². The fraction of sp³-hybridized carbons (Fsp3) is 0.333. The molecule has 1 unspecified atom stereocenters. The molecule has 1 heterocycles. The van der Waals surface area contributed by atoms with Crippen LogP contribution in [0, 0.1) is 19.8 Å². The average molecular weight is 351 g/mol. The molecule has 0 radical (unpaired) electrons. The van der Waals surface area contributed by atoms with Gasteiger partial charge in [-0.15, -0.1) is 0 Å². The Morgan fingerprint density at radius 3 is 2.46 bits per heavy atom. The third kappa shape index (κ3) is 4.04. The molecule has 136 valence electrons. The highest BCUT2D eigenvalue weighted by atomic mass is 16.2. The van der Waals surface area contributed by atoms with Crippen LogP contribution in [-0.2, 0) is 16.0 Å². The van der Waals surface area contributed by atoms with Crippen molar-refractivity contribution in [2.45, 2.75) is 26.7 Å². The van der Waals surface area contributed by atoms with E-state index in [2.05, 4.69) is 11.4 Å². The summed E-state index contributed by atoms with van der Waals surface area (Å²) in [5.74, 6) is -0.889. The molecular formula is C21H25N3O2. The number of amides is 2. The SMILES string of the molecule is Cc1cc(C)cc(N2CCC(C(=O)NCCc3ccc(N)cc3)C2=O)c1. The van der Waals surface area contributed by atoms with Crippen LogP contribution >= 0.6 is 0 Å². The van der Waals surface area contributed by atoms with Crippen LogP contribution < -0.4 is 16.0 Å². The monoisotopic (exact) mass is 351 g/mol. The topological polar surface area (TPSA) is 75.4 Å². The predicted octanol–water partition coefficient (Wildman–Crippen LogP) is 2.60. The lowest BCUT2D eigenvalue weighted by atomic mass is 10.1. The summed E-state index contributed by atoms with van der Waals surface area (Å²) in [5, 5.41) is 2.90. The Hall–Kier alpha value is -2.82. The highest BCUT2D eigenvalue weighted by Gasteiger charge is 2.37. The minimum atomic E-state index is -0.595. The number of hydrogen-bond donors (Lipinski definition) is 2. The van der Waals surface area contributed by atoms with Gasteiger partial charge in [-0.25, -0.2) is 0 Å². The lowest BCUT2D eigenvalue weighted by molar-refractivity contribution is -0.132. The summed E-state index contributed by atoms with van der Waals surface area (Å²) in [6, 6.07) is 13.6. The number of nitrogens with zero attached hydrogens (tertiary/aromatic N) is 1. The number of aryl methyl sites for hydroxylation is 2. The van der Waals surface area contributed by atoms with Gasteiger partial charge >= 0.3 is 0 Å². The molecule has 0 bridgehead atoms. The molecule has 0 spiro atoms. The largest absolute Gasteiger partial charge is 0.399 e. The standard InChI is InChI=1S/C21H25N3O2/c1-14-11-15(2)13-18(12-14)24-10-8-19(21(24)26)20(25)23-9-7-16-3-5-17(22)6-4-16/h3-6,11-13,19H,7-10,22H2,1-2H3,(H,23,25). The second-order valence-electron chi connectivity index (χ2n) is 6.96. The van der Waals surface area contributed by atoms with Gasteiger partial charge in [0.2, 0.25) is 11.8 Å². The number of hydrogen-bond acceptors (Lipinski definition) is 3. The number of benzene rings is 2. The highest BCUT2D eigenvalue weighted by molar-refractivity contribution is 6.09. The number of nitrogen functional groups attached to an aromatic ring is 1. The minimum Gasteiger partial charge on any atom is -0.399 e. The lowest BCUT2D eigenvalue weighted by Gasteiger charge is -2.18. The van der Waals surface area contributed by atoms with Gasteiger partial charge in [0.25, 0.3) is 0 Å². The molecule has 2 aromatic rings. The third-order valence-corrected chi connectivity index (χ3v) is 4.73. The van der Waals surface area contributed by atoms with Crippen LogP contribution in [0.4, 0.5) is 11.4 Å². The van der Waals surface area contributed by atoms with E-state index in [0.717, 1.165) is 28.1 Å². The first kappa shape index (κ1) is 18.0. The van der Waals surface area contributed by atoms with E-state index in [1.807, 2.05) is 50.2 Å². The molecule has 3 N–H and O–H groups in total. The summed E-state index contributed by atoms with van der Waals surface area (Å²) < 4.78 is 0. The zero-order valence-corrected chi connectivity index (χ0v) is 15.3. The van der Waals surface area contributed by atoms with E-state index in [4.69, 9.17) is 5.73 Å². The van der Waals surface area contributed by atoms with Gasteiger partial charge < -0.3 is 16.0 Å². The van der Waals surface area contributed by atoms with Crippen molar-refractivity contribution in [3.8, 4) is 0 Å². The van der Waals surface area contributed by atoms with E-state index >= 15 is 0 Å². The first-order valence-electron chi connectivity index (χ1n) is 8.96. The molecule has 1 aliphatic heterocycles. The molecule has 5 heteroatoms. The van der Waals surface area contributed by atoms with Crippen LogP contribution in [0.25, 0.3) is 0 Å². The van der Waals surface area contributed by atoms with E-state index in [9.17, 15) is 9.59 Å². The smallest absolute Gasteiger partial charge is 0.239 e. The van der Waals surface area contributed by atoms with Crippen LogP contribution in [0.15, 0.2) is 42.5 Å². The molecule has 2 amide bonds. The lowest BCUT2D eigenvalue weighted by Crippen LogP contribution is -2.37. The van der Waals surface area contributed by atoms with E-state index in [0.29, 0.717) is 25.9 Å². The first-order chi connectivity index (χ1) is 12.4. The van der Waals surface area contributed by atoms with Gasteiger partial charge in [0.15, 0.2) is 0 Å². The Labute approximate surface area is 154 Å². The van der Waals surface area contributed by atoms with Crippen molar-refractivity contribution < 1.29 is 9.59 Å². The summed E-state index contributed by atoms with van der Waals surface area (Å²) >= 11 is 0. The van der Waals surface area contributed by atoms with Crippen molar-refractivity contribution >= 4 is 23.2 Å². The Bertz CT molecular complexity index is 794. The quantitative estimate of drug-likeness (QED) is 0.642. The fourth-order valence-corrected chi connectivity index (χ4v) is 3.42. The minimum absolute atomic E-state index is 0.111. The fourth-order valence-electron chi connectivity index (χ4n) is 3.42. The van der Waals surface area contributed by atoms with Gasteiger partial charge in [0.05, 0.1) is 0 Å². The Morgan fingerprint density at radius 1 is 1.15 bits per heavy atom. The average Bonchev–Trinajstić information content (AvgIpc) is 2.97. The van der Waals surface area contributed by atoms with Crippen LogP contribution in [-0.4, -0.2) is 24.9 Å². The molecule has 26 heavy (non-hydrogen) atoms. The highest BCUT2D eigenvalue weighted by Crippen LogP contribution is 2.27. The third-order valence-electron chi connectivity index (χ3n) is 4.73. The maximum atomic E-state index is 12.7. The summed E-state index contributed by atoms with van der Waals surface area (Å²) in [4.78, 5) is 26.9. The van der Waals surface area contributed by atoms with Crippen molar-refractivity contribution in [3.63, 3.8) is 0 Å². The van der Waals surface area contributed by atoms with Crippen molar-refractivity contribution in [1.82, 2.24) is 5.32 Å². The molecule has 2 aromatic carbocycles. The molecule has 0 aliphatic carbocycles. The molecule has 0 saturated carbocycles. The van der Waals surface area contributed by atoms with Crippen LogP contribution in [0.3, 0.4) is 0 Å². The maximum Gasteiger partial charge on any atom is 0.239 e. The van der Waals surface area contributed by atoms with Crippen molar-refractivity contribution in [3.05, 3.63) is 59.2 Å². The summed E-state index contributed by atoms with van der Waals surface area (Å²) in [5.41, 5.74) is 10.6. The normalized spacial score (nSPS) is 16.8.